The molecule has 3 aromatic rings. The van der Waals surface area contributed by atoms with Gasteiger partial charge in [-0.25, -0.2) is 9.13 Å². The van der Waals surface area contributed by atoms with E-state index >= 15 is 0 Å². The van der Waals surface area contributed by atoms with Gasteiger partial charge in [0.05, 0.1) is 0 Å². The maximum atomic E-state index is 13.2. The smallest absolute Gasteiger partial charge is 0.253 e. The summed E-state index contributed by atoms with van der Waals surface area (Å²) in [6.07, 6.45) is 11.5. The van der Waals surface area contributed by atoms with Crippen molar-refractivity contribution in [3.8, 4) is 0 Å². The third kappa shape index (κ3) is 4.18. The highest BCUT2D eigenvalue weighted by Crippen LogP contribution is 2.49. The van der Waals surface area contributed by atoms with Gasteiger partial charge in [-0.3, -0.25) is 4.79 Å². The van der Waals surface area contributed by atoms with Gasteiger partial charge in [-0.05, 0) is 49.3 Å². The lowest BCUT2D eigenvalue weighted by molar-refractivity contribution is -0.692. The average molecular weight is 494 g/mol. The molecule has 1 heterocycles. The molecule has 1 fully saturated rings. The van der Waals surface area contributed by atoms with Gasteiger partial charge in [0.2, 0.25) is 5.91 Å². The van der Waals surface area contributed by atoms with Crippen LogP contribution in [0.1, 0.15) is 49.2 Å². The van der Waals surface area contributed by atoms with Crippen molar-refractivity contribution in [1.82, 2.24) is 4.57 Å². The topological polar surface area (TPSA) is 51.9 Å². The molecular formula is C27H32BrN3O. The Bertz CT molecular complexity index is 1020. The van der Waals surface area contributed by atoms with E-state index in [1.165, 1.54) is 5.82 Å². The zero-order valence-electron chi connectivity index (χ0n) is 18.8. The van der Waals surface area contributed by atoms with Crippen LogP contribution in [0.3, 0.4) is 0 Å². The number of carbonyl (C=O) groups excluding carboxylic acids is 1. The number of hydrogen-bond donors (Lipinski definition) is 1. The van der Waals surface area contributed by atoms with E-state index in [0.717, 1.165) is 36.9 Å². The molecule has 0 saturated heterocycles. The molecule has 168 valence electrons. The van der Waals surface area contributed by atoms with Gasteiger partial charge in [0.15, 0.2) is 0 Å². The highest BCUT2D eigenvalue weighted by molar-refractivity contribution is 5.91. The molecule has 4 nitrogen and oxygen atoms in total. The highest BCUT2D eigenvalue weighted by atomic mass is 79.9. The normalized spacial score (nSPS) is 18.6. The molecule has 4 rings (SSSR count). The summed E-state index contributed by atoms with van der Waals surface area (Å²) in [6.45, 7) is 5.10. The van der Waals surface area contributed by atoms with Gasteiger partial charge in [0.1, 0.15) is 30.4 Å². The van der Waals surface area contributed by atoms with Crippen LogP contribution in [0.4, 0.5) is 0 Å². The van der Waals surface area contributed by atoms with Crippen LogP contribution in [0.2, 0.25) is 0 Å². The van der Waals surface area contributed by atoms with Crippen LogP contribution in [0.5, 0.6) is 0 Å². The Morgan fingerprint density at radius 2 is 1.69 bits per heavy atom. The predicted octanol–water partition coefficient (Wildman–Crippen LogP) is 1.48. The van der Waals surface area contributed by atoms with Gasteiger partial charge in [-0.15, -0.1) is 0 Å². The molecule has 5 heteroatoms. The number of carbonyl (C=O) groups is 1. The molecule has 0 spiro atoms. The van der Waals surface area contributed by atoms with E-state index in [2.05, 4.69) is 64.9 Å². The summed E-state index contributed by atoms with van der Waals surface area (Å²) in [7, 11) is 0. The molecule has 1 aromatic heterocycles. The van der Waals surface area contributed by atoms with Crippen LogP contribution in [-0.4, -0.2) is 10.5 Å². The zero-order chi connectivity index (χ0) is 21.8. The SMILES string of the molecule is CC=CC[n+]1ccn(C2CCC(C(C(N)=O)(c3ccccc3)c3ccccc3)C2)c1C.[Br-]. The minimum absolute atomic E-state index is 0. The highest BCUT2D eigenvalue weighted by Gasteiger charge is 2.51. The van der Waals surface area contributed by atoms with E-state index < -0.39 is 5.41 Å². The van der Waals surface area contributed by atoms with Gasteiger partial charge in [-0.2, -0.15) is 0 Å². The number of amides is 1. The summed E-state index contributed by atoms with van der Waals surface area (Å²) in [6, 6.07) is 20.6. The number of nitrogens with two attached hydrogens (primary N) is 1. The molecule has 1 aliphatic carbocycles. The van der Waals surface area contributed by atoms with E-state index in [0.29, 0.717) is 6.04 Å². The third-order valence-electron chi connectivity index (χ3n) is 6.99. The molecule has 1 aliphatic rings. The molecule has 1 saturated carbocycles. The van der Waals surface area contributed by atoms with Crippen molar-refractivity contribution < 1.29 is 26.3 Å². The molecule has 1 amide bonds. The van der Waals surface area contributed by atoms with Crippen LogP contribution in [0.25, 0.3) is 0 Å². The number of imidazole rings is 1. The lowest BCUT2D eigenvalue weighted by Gasteiger charge is -2.37. The zero-order valence-corrected chi connectivity index (χ0v) is 20.4. The quantitative estimate of drug-likeness (QED) is 0.393. The van der Waals surface area contributed by atoms with Crippen molar-refractivity contribution >= 4 is 5.91 Å². The Hall–Kier alpha value is -2.66. The molecule has 2 atom stereocenters. The summed E-state index contributed by atoms with van der Waals surface area (Å²) >= 11 is 0. The van der Waals surface area contributed by atoms with Crippen molar-refractivity contribution in [2.45, 2.75) is 51.1 Å². The number of halogens is 1. The number of benzene rings is 2. The van der Waals surface area contributed by atoms with Crippen LogP contribution < -0.4 is 27.3 Å². The van der Waals surface area contributed by atoms with Gasteiger partial charge < -0.3 is 22.7 Å². The first-order valence-corrected chi connectivity index (χ1v) is 11.2. The van der Waals surface area contributed by atoms with Crippen molar-refractivity contribution in [3.05, 3.63) is 102 Å². The number of allylic oxidation sites excluding steroid dienone is 2. The minimum Gasteiger partial charge on any atom is -1.00 e. The Balaban J connectivity index is 0.00000289. The maximum Gasteiger partial charge on any atom is 0.253 e. The van der Waals surface area contributed by atoms with Crippen molar-refractivity contribution in [2.75, 3.05) is 0 Å². The van der Waals surface area contributed by atoms with Crippen molar-refractivity contribution in [3.63, 3.8) is 0 Å². The number of hydrogen-bond acceptors (Lipinski definition) is 1. The minimum atomic E-state index is -0.820. The number of aromatic nitrogens is 2. The van der Waals surface area contributed by atoms with Crippen molar-refractivity contribution in [1.29, 1.82) is 0 Å². The Labute approximate surface area is 201 Å². The van der Waals surface area contributed by atoms with Gasteiger partial charge in [0.25, 0.3) is 5.82 Å². The fourth-order valence-electron chi connectivity index (χ4n) is 5.44. The van der Waals surface area contributed by atoms with Crippen LogP contribution in [0.15, 0.2) is 85.2 Å². The summed E-state index contributed by atoms with van der Waals surface area (Å²) in [4.78, 5) is 13.2. The molecule has 0 bridgehead atoms. The van der Waals surface area contributed by atoms with Crippen LogP contribution in [0, 0.1) is 12.8 Å². The number of nitrogens with zero attached hydrogens (tertiary/aromatic N) is 2. The van der Waals surface area contributed by atoms with E-state index in [-0.39, 0.29) is 28.8 Å². The molecule has 2 N–H and O–H groups in total. The van der Waals surface area contributed by atoms with Gasteiger partial charge >= 0.3 is 0 Å². The first kappa shape index (κ1) is 24.0. The lowest BCUT2D eigenvalue weighted by Crippen LogP contribution is -3.00. The first-order chi connectivity index (χ1) is 15.1. The number of rotatable bonds is 7. The molecule has 2 aromatic carbocycles. The van der Waals surface area contributed by atoms with Gasteiger partial charge in [-0.1, -0.05) is 66.7 Å². The molecular weight excluding hydrogens is 462 g/mol. The standard InChI is InChI=1S/C27H31N3O.BrH/c1-3-4-17-29-18-19-30(21(29)2)25-16-15-24(20-25)27(26(28)31,22-11-7-5-8-12-22)23-13-9-6-10-14-23;/h3-14,18-19,24-25H,15-17,20H2,1-2H3,(H-,28,31);1H. The lowest BCUT2D eigenvalue weighted by atomic mass is 9.64. The predicted molar refractivity (Wildman–Crippen MR) is 123 cm³/mol. The fraction of sp³-hybridized carbons (Fsp3) is 0.333. The Morgan fingerprint density at radius 1 is 1.09 bits per heavy atom. The summed E-state index contributed by atoms with van der Waals surface area (Å²) < 4.78 is 4.65. The van der Waals surface area contributed by atoms with E-state index in [1.807, 2.05) is 43.3 Å². The fourth-order valence-corrected chi connectivity index (χ4v) is 5.44. The second-order valence-electron chi connectivity index (χ2n) is 8.54. The van der Waals surface area contributed by atoms with E-state index in [9.17, 15) is 4.79 Å². The summed E-state index contributed by atoms with van der Waals surface area (Å²) in [5.74, 6) is 1.13. The summed E-state index contributed by atoms with van der Waals surface area (Å²) in [5, 5.41) is 0. The second kappa shape index (κ2) is 10.3. The molecule has 0 aliphatic heterocycles. The maximum absolute atomic E-state index is 13.2. The van der Waals surface area contributed by atoms with E-state index in [4.69, 9.17) is 5.73 Å². The first-order valence-electron chi connectivity index (χ1n) is 11.2. The Morgan fingerprint density at radius 3 is 2.22 bits per heavy atom. The number of primary amides is 1. The molecule has 32 heavy (non-hydrogen) atoms. The van der Waals surface area contributed by atoms with E-state index in [1.54, 1.807) is 0 Å². The van der Waals surface area contributed by atoms with Crippen LogP contribution in [-0.2, 0) is 16.8 Å². The van der Waals surface area contributed by atoms with Gasteiger partial charge in [0, 0.05) is 6.92 Å². The largest absolute Gasteiger partial charge is 1.00 e. The third-order valence-corrected chi connectivity index (χ3v) is 6.99. The summed E-state index contributed by atoms with van der Waals surface area (Å²) in [5.41, 5.74) is 7.40. The van der Waals surface area contributed by atoms with Crippen molar-refractivity contribution in [2.24, 2.45) is 11.7 Å². The molecule has 0 radical (unpaired) electrons. The average Bonchev–Trinajstić information content (AvgIpc) is 3.41. The molecule has 2 unspecified atom stereocenters. The monoisotopic (exact) mass is 493 g/mol. The Kier molecular flexibility index (Phi) is 7.73. The second-order valence-corrected chi connectivity index (χ2v) is 8.54. The van der Waals surface area contributed by atoms with Crippen LogP contribution >= 0.6 is 0 Å².